The predicted molar refractivity (Wildman–Crippen MR) is 65.7 cm³/mol. The molecule has 0 unspecified atom stereocenters. The zero-order valence-electron chi connectivity index (χ0n) is 9.37. The molecule has 1 aromatic rings. The van der Waals surface area contributed by atoms with Crippen LogP contribution in [-0.2, 0) is 10.0 Å². The summed E-state index contributed by atoms with van der Waals surface area (Å²) < 4.78 is 24.1. The number of rotatable bonds is 2. The summed E-state index contributed by atoms with van der Waals surface area (Å²) in [5.74, 6) is 0.686. The normalized spacial score (nSPS) is 18.4. The van der Waals surface area contributed by atoms with Gasteiger partial charge in [0.2, 0.25) is 10.0 Å². The van der Waals surface area contributed by atoms with Crippen molar-refractivity contribution in [3.63, 3.8) is 0 Å². The minimum Gasteiger partial charge on any atom is -0.353 e. The largest absolute Gasteiger partial charge is 0.353 e. The molecule has 6 nitrogen and oxygen atoms in total. The summed E-state index contributed by atoms with van der Waals surface area (Å²) in [5, 5.41) is 0.341. The minimum atomic E-state index is -3.10. The van der Waals surface area contributed by atoms with Crippen LogP contribution < -0.4 is 4.90 Å². The summed E-state index contributed by atoms with van der Waals surface area (Å²) in [6.07, 6.45) is 4.32. The van der Waals surface area contributed by atoms with Crippen molar-refractivity contribution >= 4 is 27.4 Å². The van der Waals surface area contributed by atoms with Crippen LogP contribution in [0.5, 0.6) is 0 Å². The van der Waals surface area contributed by atoms with E-state index in [4.69, 9.17) is 11.6 Å². The fraction of sp³-hybridized carbons (Fsp3) is 0.556. The van der Waals surface area contributed by atoms with Crippen molar-refractivity contribution < 1.29 is 8.42 Å². The second kappa shape index (κ2) is 4.75. The van der Waals surface area contributed by atoms with Crippen LogP contribution in [-0.4, -0.2) is 55.1 Å². The van der Waals surface area contributed by atoms with Crippen molar-refractivity contribution in [1.82, 2.24) is 14.3 Å². The Balaban J connectivity index is 2.05. The number of halogens is 1. The Morgan fingerprint density at radius 3 is 2.41 bits per heavy atom. The molecule has 2 rings (SSSR count). The van der Waals surface area contributed by atoms with Gasteiger partial charge in [0, 0.05) is 26.2 Å². The highest BCUT2D eigenvalue weighted by Crippen LogP contribution is 2.15. The van der Waals surface area contributed by atoms with Crippen molar-refractivity contribution in [3.05, 3.63) is 17.5 Å². The summed E-state index contributed by atoms with van der Waals surface area (Å²) in [4.78, 5) is 10.1. The Morgan fingerprint density at radius 1 is 1.24 bits per heavy atom. The minimum absolute atomic E-state index is 0.341. The Kier molecular flexibility index (Phi) is 3.50. The van der Waals surface area contributed by atoms with Crippen molar-refractivity contribution in [3.8, 4) is 0 Å². The number of nitrogens with zero attached hydrogens (tertiary/aromatic N) is 4. The third-order valence-corrected chi connectivity index (χ3v) is 4.11. The van der Waals surface area contributed by atoms with E-state index in [1.54, 1.807) is 6.20 Å². The van der Waals surface area contributed by atoms with Crippen LogP contribution in [0.15, 0.2) is 12.4 Å². The molecule has 1 fully saturated rings. The van der Waals surface area contributed by atoms with Crippen molar-refractivity contribution in [2.45, 2.75) is 0 Å². The van der Waals surface area contributed by atoms with E-state index in [-0.39, 0.29) is 0 Å². The van der Waals surface area contributed by atoms with E-state index < -0.39 is 10.0 Å². The second-order valence-corrected chi connectivity index (χ2v) is 6.22. The lowest BCUT2D eigenvalue weighted by molar-refractivity contribution is 0.387. The fourth-order valence-electron chi connectivity index (χ4n) is 1.73. The number of hydrogen-bond donors (Lipinski definition) is 0. The molecule has 0 atom stereocenters. The first kappa shape index (κ1) is 12.5. The number of piperazine rings is 1. The van der Waals surface area contributed by atoms with Crippen LogP contribution in [0, 0.1) is 0 Å². The van der Waals surface area contributed by atoms with Gasteiger partial charge < -0.3 is 4.90 Å². The monoisotopic (exact) mass is 276 g/mol. The molecular formula is C9H13ClN4O2S. The van der Waals surface area contributed by atoms with Crippen LogP contribution >= 0.6 is 11.6 Å². The Morgan fingerprint density at radius 2 is 1.88 bits per heavy atom. The number of sulfonamides is 1. The van der Waals surface area contributed by atoms with E-state index in [2.05, 4.69) is 9.97 Å². The first-order valence-electron chi connectivity index (χ1n) is 5.14. The molecule has 2 heterocycles. The van der Waals surface area contributed by atoms with Gasteiger partial charge in [0.1, 0.15) is 11.0 Å². The molecular weight excluding hydrogens is 264 g/mol. The molecule has 1 aliphatic heterocycles. The van der Waals surface area contributed by atoms with Gasteiger partial charge in [-0.1, -0.05) is 11.6 Å². The molecule has 0 N–H and O–H groups in total. The standard InChI is InChI=1S/C9H13ClN4O2S/c1-17(15,16)14-4-2-13(3-5-14)9-7-11-6-8(10)12-9/h6-7H,2-5H2,1H3. The van der Waals surface area contributed by atoms with Gasteiger partial charge in [-0.15, -0.1) is 0 Å². The summed E-state index contributed by atoms with van der Waals surface area (Å²) in [5.41, 5.74) is 0. The van der Waals surface area contributed by atoms with Gasteiger partial charge in [-0.3, -0.25) is 4.98 Å². The van der Waals surface area contributed by atoms with Crippen molar-refractivity contribution in [2.24, 2.45) is 0 Å². The van der Waals surface area contributed by atoms with Gasteiger partial charge in [-0.25, -0.2) is 13.4 Å². The molecule has 0 aliphatic carbocycles. The highest BCUT2D eigenvalue weighted by molar-refractivity contribution is 7.88. The maximum Gasteiger partial charge on any atom is 0.211 e. The van der Waals surface area contributed by atoms with E-state index >= 15 is 0 Å². The topological polar surface area (TPSA) is 66.4 Å². The van der Waals surface area contributed by atoms with Gasteiger partial charge in [0.15, 0.2) is 0 Å². The molecule has 94 valence electrons. The first-order valence-corrected chi connectivity index (χ1v) is 7.37. The lowest BCUT2D eigenvalue weighted by atomic mass is 10.3. The predicted octanol–water partition coefficient (Wildman–Crippen LogP) is 0.212. The zero-order chi connectivity index (χ0) is 12.5. The second-order valence-electron chi connectivity index (χ2n) is 3.85. The van der Waals surface area contributed by atoms with Crippen LogP contribution in [0.4, 0.5) is 5.82 Å². The van der Waals surface area contributed by atoms with Gasteiger partial charge in [-0.2, -0.15) is 4.31 Å². The van der Waals surface area contributed by atoms with E-state index in [1.807, 2.05) is 4.90 Å². The van der Waals surface area contributed by atoms with Gasteiger partial charge in [0.25, 0.3) is 0 Å². The maximum atomic E-state index is 11.3. The Labute approximate surface area is 105 Å². The molecule has 0 saturated carbocycles. The molecule has 0 amide bonds. The maximum absolute atomic E-state index is 11.3. The zero-order valence-corrected chi connectivity index (χ0v) is 10.9. The molecule has 0 bridgehead atoms. The molecule has 8 heteroatoms. The molecule has 0 spiro atoms. The van der Waals surface area contributed by atoms with Crippen molar-refractivity contribution in [2.75, 3.05) is 37.3 Å². The lowest BCUT2D eigenvalue weighted by Crippen LogP contribution is -2.48. The number of aromatic nitrogens is 2. The van der Waals surface area contributed by atoms with Gasteiger partial charge >= 0.3 is 0 Å². The molecule has 1 saturated heterocycles. The van der Waals surface area contributed by atoms with Gasteiger partial charge in [0.05, 0.1) is 18.6 Å². The van der Waals surface area contributed by atoms with E-state index in [0.717, 1.165) is 0 Å². The summed E-state index contributed by atoms with van der Waals surface area (Å²) in [6.45, 7) is 2.13. The van der Waals surface area contributed by atoms with Gasteiger partial charge in [-0.05, 0) is 0 Å². The molecule has 17 heavy (non-hydrogen) atoms. The molecule has 0 radical (unpaired) electrons. The highest BCUT2D eigenvalue weighted by Gasteiger charge is 2.24. The Bertz CT molecular complexity index is 499. The van der Waals surface area contributed by atoms with E-state index in [0.29, 0.717) is 37.1 Å². The van der Waals surface area contributed by atoms with E-state index in [9.17, 15) is 8.42 Å². The average Bonchev–Trinajstić information content (AvgIpc) is 2.28. The van der Waals surface area contributed by atoms with Crippen LogP contribution in [0.25, 0.3) is 0 Å². The average molecular weight is 277 g/mol. The summed E-state index contributed by atoms with van der Waals surface area (Å²) in [7, 11) is -3.10. The van der Waals surface area contributed by atoms with Crippen LogP contribution in [0.1, 0.15) is 0 Å². The van der Waals surface area contributed by atoms with Crippen LogP contribution in [0.2, 0.25) is 5.15 Å². The third-order valence-electron chi connectivity index (χ3n) is 2.62. The molecule has 0 aromatic carbocycles. The van der Waals surface area contributed by atoms with Crippen LogP contribution in [0.3, 0.4) is 0 Å². The number of anilines is 1. The quantitative estimate of drug-likeness (QED) is 0.773. The highest BCUT2D eigenvalue weighted by atomic mass is 35.5. The SMILES string of the molecule is CS(=O)(=O)N1CCN(c2cncc(Cl)n2)CC1. The Hall–Kier alpha value is -0.920. The van der Waals surface area contributed by atoms with Crippen molar-refractivity contribution in [1.29, 1.82) is 0 Å². The fourth-order valence-corrected chi connectivity index (χ4v) is 2.70. The summed E-state index contributed by atoms with van der Waals surface area (Å²) in [6, 6.07) is 0. The summed E-state index contributed by atoms with van der Waals surface area (Å²) >= 11 is 5.76. The van der Waals surface area contributed by atoms with E-state index in [1.165, 1.54) is 16.8 Å². The molecule has 1 aromatic heterocycles. The lowest BCUT2D eigenvalue weighted by Gasteiger charge is -2.33. The molecule has 1 aliphatic rings. The number of hydrogen-bond acceptors (Lipinski definition) is 5. The first-order chi connectivity index (χ1) is 7.97. The smallest absolute Gasteiger partial charge is 0.211 e. The third kappa shape index (κ3) is 3.05.